The quantitative estimate of drug-likeness (QED) is 0.102. The molecule has 2 amide bonds. The van der Waals surface area contributed by atoms with Crippen LogP contribution >= 0.6 is 0 Å². The lowest BCUT2D eigenvalue weighted by Gasteiger charge is -2.26. The molecule has 63 heavy (non-hydrogen) atoms. The van der Waals surface area contributed by atoms with Crippen LogP contribution in [0, 0.1) is 5.92 Å². The molecule has 2 atom stereocenters. The zero-order chi connectivity index (χ0) is 47.7. The SMILES string of the molecule is CC(C)[C@H](NC(=O)[C@@H]1CCCN1C(=O)OCc1ccccc1)C(=O)O.O=C(COC(=O)c1c(C(F)(F)F)cccc1C(F)(F)F)COC(=O)c1c(C(F)(F)F)cccc1C(F)(F)F. The molecule has 1 saturated heterocycles. The van der Waals surface area contributed by atoms with Crippen LogP contribution in [-0.2, 0) is 59.9 Å². The third-order valence-corrected chi connectivity index (χ3v) is 8.71. The predicted molar refractivity (Wildman–Crippen MR) is 189 cm³/mol. The van der Waals surface area contributed by atoms with E-state index in [1.54, 1.807) is 13.8 Å². The Balaban J connectivity index is 0.000000365. The highest BCUT2D eigenvalue weighted by atomic mass is 19.4. The first kappa shape index (κ1) is 51.0. The summed E-state index contributed by atoms with van der Waals surface area (Å²) in [5.74, 6) is -7.96. The standard InChI is InChI=1S/C21H10F12O5.C18H24N2O5/c22-18(23,24)10-3-1-4-11(19(25,26)27)14(10)16(35)37-7-9(34)8-38-17(36)15-12(20(28,29)30)5-2-6-13(15)21(31,32)33;1-12(2)15(17(22)23)19-16(21)14-9-6-10-20(14)18(24)25-11-13-7-4-3-5-8-13/h1-6H,7-8H2;3-5,7-8,12,14-15H,6,9-11H2,1-2H3,(H,19,21)(H,22,23)/t;14-,15-/m.0/s1. The topological polar surface area (TPSA) is 166 Å². The molecule has 3 aromatic carbocycles. The second-order valence-corrected chi connectivity index (χ2v) is 13.6. The van der Waals surface area contributed by atoms with E-state index in [0.29, 0.717) is 31.5 Å². The third-order valence-electron chi connectivity index (χ3n) is 8.71. The molecule has 0 aromatic heterocycles. The smallest absolute Gasteiger partial charge is 0.417 e. The van der Waals surface area contributed by atoms with E-state index in [4.69, 9.17) is 4.74 Å². The van der Waals surface area contributed by atoms with Gasteiger partial charge in [0.05, 0.1) is 33.4 Å². The number of alkyl halides is 12. The lowest BCUT2D eigenvalue weighted by atomic mass is 10.00. The summed E-state index contributed by atoms with van der Waals surface area (Å²) in [7, 11) is 0. The Morgan fingerprint density at radius 1 is 0.651 bits per heavy atom. The molecular weight excluding hydrogens is 884 g/mol. The van der Waals surface area contributed by atoms with E-state index in [9.17, 15) is 86.6 Å². The van der Waals surface area contributed by atoms with E-state index >= 15 is 0 Å². The fraction of sp³-hybridized carbons (Fsp3) is 0.385. The van der Waals surface area contributed by atoms with Gasteiger partial charge in [0.15, 0.2) is 13.2 Å². The van der Waals surface area contributed by atoms with E-state index in [2.05, 4.69) is 14.8 Å². The summed E-state index contributed by atoms with van der Waals surface area (Å²) < 4.78 is 171. The Kier molecular flexibility index (Phi) is 16.7. The molecule has 4 rings (SSSR count). The summed E-state index contributed by atoms with van der Waals surface area (Å²) >= 11 is 0. The number of halogens is 12. The van der Waals surface area contributed by atoms with Crippen molar-refractivity contribution in [3.8, 4) is 0 Å². The van der Waals surface area contributed by atoms with Gasteiger partial charge in [0.2, 0.25) is 11.7 Å². The van der Waals surface area contributed by atoms with Crippen LogP contribution in [0.15, 0.2) is 66.7 Å². The van der Waals surface area contributed by atoms with Crippen LogP contribution in [0.1, 0.15) is 75.2 Å². The normalized spacial score (nSPS) is 14.8. The van der Waals surface area contributed by atoms with Crippen molar-refractivity contribution in [1.82, 2.24) is 10.2 Å². The third kappa shape index (κ3) is 14.1. The number of benzene rings is 3. The van der Waals surface area contributed by atoms with Gasteiger partial charge < -0.3 is 24.6 Å². The van der Waals surface area contributed by atoms with Crippen molar-refractivity contribution in [2.45, 2.75) is 70.1 Å². The zero-order valence-electron chi connectivity index (χ0n) is 32.4. The van der Waals surface area contributed by atoms with Gasteiger partial charge in [-0.05, 0) is 48.6 Å². The first-order chi connectivity index (χ1) is 29.0. The summed E-state index contributed by atoms with van der Waals surface area (Å²) in [4.78, 5) is 73.2. The largest absolute Gasteiger partial charge is 0.480 e. The molecule has 0 spiro atoms. The van der Waals surface area contributed by atoms with Crippen molar-refractivity contribution in [2.75, 3.05) is 19.8 Å². The van der Waals surface area contributed by atoms with Crippen LogP contribution in [0.4, 0.5) is 57.5 Å². The first-order valence-electron chi connectivity index (χ1n) is 18.0. The molecule has 12 nitrogen and oxygen atoms in total. The van der Waals surface area contributed by atoms with Gasteiger partial charge >= 0.3 is 48.7 Å². The van der Waals surface area contributed by atoms with Gasteiger partial charge in [0.25, 0.3) is 0 Å². The Morgan fingerprint density at radius 2 is 1.06 bits per heavy atom. The highest BCUT2D eigenvalue weighted by Gasteiger charge is 2.45. The van der Waals surface area contributed by atoms with Crippen molar-refractivity contribution < 1.29 is 101 Å². The molecule has 1 fully saturated rings. The number of carbonyl (C=O) groups excluding carboxylic acids is 5. The van der Waals surface area contributed by atoms with Crippen LogP contribution in [0.3, 0.4) is 0 Å². The molecule has 2 N–H and O–H groups in total. The van der Waals surface area contributed by atoms with Crippen molar-refractivity contribution in [3.63, 3.8) is 0 Å². The van der Waals surface area contributed by atoms with Gasteiger partial charge in [-0.15, -0.1) is 0 Å². The molecule has 1 heterocycles. The number of aliphatic carboxylic acids is 1. The summed E-state index contributed by atoms with van der Waals surface area (Å²) in [6.07, 6.45) is -21.3. The number of rotatable bonds is 12. The molecule has 344 valence electrons. The fourth-order valence-electron chi connectivity index (χ4n) is 5.79. The minimum Gasteiger partial charge on any atom is -0.480 e. The number of carboxylic acid groups (broad SMARTS) is 1. The number of carbonyl (C=O) groups is 6. The van der Waals surface area contributed by atoms with E-state index < -0.39 is 119 Å². The fourth-order valence-corrected chi connectivity index (χ4v) is 5.79. The highest BCUT2D eigenvalue weighted by Crippen LogP contribution is 2.41. The number of ketones is 1. The number of hydrogen-bond donors (Lipinski definition) is 2. The number of nitrogens with zero attached hydrogens (tertiary/aromatic N) is 1. The molecule has 1 aliphatic heterocycles. The number of Topliss-reactive ketones (excluding diaryl/α,β-unsaturated/α-hetero) is 1. The van der Waals surface area contributed by atoms with Crippen LogP contribution in [0.25, 0.3) is 0 Å². The van der Waals surface area contributed by atoms with Crippen LogP contribution in [0.5, 0.6) is 0 Å². The van der Waals surface area contributed by atoms with Gasteiger partial charge in [-0.3, -0.25) is 14.5 Å². The molecule has 0 aliphatic carbocycles. The molecule has 0 unspecified atom stereocenters. The summed E-state index contributed by atoms with van der Waals surface area (Å²) in [6.45, 7) is 0.698. The number of hydrogen-bond acceptors (Lipinski definition) is 9. The Labute approximate surface area is 348 Å². The Morgan fingerprint density at radius 3 is 1.43 bits per heavy atom. The molecular formula is C39H34F12N2O10. The molecule has 0 saturated carbocycles. The summed E-state index contributed by atoms with van der Waals surface area (Å²) in [5.41, 5.74) is -11.4. The molecule has 1 aliphatic rings. The van der Waals surface area contributed by atoms with Gasteiger partial charge in [-0.1, -0.05) is 56.3 Å². The average Bonchev–Trinajstić information content (AvgIpc) is 3.69. The monoisotopic (exact) mass is 918 g/mol. The number of esters is 2. The maximum Gasteiger partial charge on any atom is 0.417 e. The minimum atomic E-state index is -5.47. The second kappa shape index (κ2) is 20.7. The number of ether oxygens (including phenoxy) is 3. The minimum absolute atomic E-state index is 0.117. The number of amides is 2. The maximum absolute atomic E-state index is 13.1. The van der Waals surface area contributed by atoms with Gasteiger partial charge in [0, 0.05) is 6.54 Å². The molecule has 0 radical (unpaired) electrons. The highest BCUT2D eigenvalue weighted by molar-refractivity contribution is 5.97. The zero-order valence-corrected chi connectivity index (χ0v) is 32.4. The van der Waals surface area contributed by atoms with Crippen molar-refractivity contribution >= 4 is 35.7 Å². The molecule has 24 heteroatoms. The van der Waals surface area contributed by atoms with E-state index in [1.807, 2.05) is 30.3 Å². The van der Waals surface area contributed by atoms with E-state index in [0.717, 1.165) is 5.56 Å². The van der Waals surface area contributed by atoms with Crippen LogP contribution in [-0.4, -0.2) is 77.5 Å². The number of nitrogens with one attached hydrogen (secondary N) is 1. The van der Waals surface area contributed by atoms with Crippen molar-refractivity contribution in [3.05, 3.63) is 106 Å². The molecule has 3 aromatic rings. The van der Waals surface area contributed by atoms with Gasteiger partial charge in [-0.2, -0.15) is 52.7 Å². The van der Waals surface area contributed by atoms with Gasteiger partial charge in [-0.25, -0.2) is 19.2 Å². The van der Waals surface area contributed by atoms with Crippen molar-refractivity contribution in [1.29, 1.82) is 0 Å². The summed E-state index contributed by atoms with van der Waals surface area (Å²) in [5, 5.41) is 11.7. The van der Waals surface area contributed by atoms with Crippen molar-refractivity contribution in [2.24, 2.45) is 5.92 Å². The van der Waals surface area contributed by atoms with Crippen LogP contribution < -0.4 is 5.32 Å². The van der Waals surface area contributed by atoms with Crippen LogP contribution in [0.2, 0.25) is 0 Å². The maximum atomic E-state index is 13.1. The predicted octanol–water partition coefficient (Wildman–Crippen LogP) is 8.36. The lowest BCUT2D eigenvalue weighted by molar-refractivity contribution is -0.145. The van der Waals surface area contributed by atoms with Gasteiger partial charge in [0.1, 0.15) is 18.7 Å². The Hall–Kier alpha value is -6.36. The lowest BCUT2D eigenvalue weighted by Crippen LogP contribution is -2.52. The number of likely N-dealkylation sites (tertiary alicyclic amines) is 1. The number of carboxylic acids is 1. The second-order valence-electron chi connectivity index (χ2n) is 13.6. The van der Waals surface area contributed by atoms with E-state index in [1.165, 1.54) is 4.90 Å². The molecule has 0 bridgehead atoms. The average molecular weight is 919 g/mol. The Bertz CT molecular complexity index is 1980. The van der Waals surface area contributed by atoms with E-state index in [-0.39, 0.29) is 36.8 Å². The first-order valence-corrected chi connectivity index (χ1v) is 18.0. The summed E-state index contributed by atoms with van der Waals surface area (Å²) in [6, 6.07) is 8.78.